The molecular formula is C17H20N2O2S. The van der Waals surface area contributed by atoms with E-state index in [0.717, 1.165) is 23.8 Å². The minimum absolute atomic E-state index is 0.146. The maximum Gasteiger partial charge on any atom is 0.286 e. The number of nitrogens with zero attached hydrogens (tertiary/aromatic N) is 2. The first-order chi connectivity index (χ1) is 10.5. The molecule has 2 aliphatic heterocycles. The maximum absolute atomic E-state index is 12.1. The zero-order valence-corrected chi connectivity index (χ0v) is 13.9. The van der Waals surface area contributed by atoms with E-state index in [2.05, 4.69) is 9.89 Å². The molecule has 0 aromatic heterocycles. The summed E-state index contributed by atoms with van der Waals surface area (Å²) >= 11 is 1.46. The molecule has 1 aromatic rings. The molecule has 3 rings (SSSR count). The van der Waals surface area contributed by atoms with Crippen LogP contribution in [0.2, 0.25) is 0 Å². The average Bonchev–Trinajstić information content (AvgIpc) is 2.82. The second kappa shape index (κ2) is 6.26. The van der Waals surface area contributed by atoms with Crippen LogP contribution in [0.15, 0.2) is 34.2 Å². The normalized spacial score (nSPS) is 27.4. The summed E-state index contributed by atoms with van der Waals surface area (Å²) in [5.74, 6) is -0.146. The van der Waals surface area contributed by atoms with Crippen LogP contribution in [0.4, 0.5) is 0 Å². The van der Waals surface area contributed by atoms with Gasteiger partial charge in [-0.25, -0.2) is 0 Å². The van der Waals surface area contributed by atoms with Crippen molar-refractivity contribution in [3.8, 4) is 0 Å². The number of hydrogen-bond donors (Lipinski definition) is 0. The zero-order valence-electron chi connectivity index (χ0n) is 13.1. The Bertz CT molecular complexity index is 627. The van der Waals surface area contributed by atoms with Crippen LogP contribution < -0.4 is 0 Å². The van der Waals surface area contributed by atoms with Gasteiger partial charge in [0.05, 0.1) is 17.1 Å². The number of thioether (sulfide) groups is 1. The van der Waals surface area contributed by atoms with E-state index in [1.165, 1.54) is 17.3 Å². The van der Waals surface area contributed by atoms with Gasteiger partial charge >= 0.3 is 0 Å². The van der Waals surface area contributed by atoms with Gasteiger partial charge in [-0.2, -0.15) is 4.99 Å². The lowest BCUT2D eigenvalue weighted by atomic mass is 10.1. The third-order valence-corrected chi connectivity index (χ3v) is 4.72. The Balaban J connectivity index is 1.74. The van der Waals surface area contributed by atoms with Crippen molar-refractivity contribution in [2.24, 2.45) is 4.99 Å². The molecule has 5 heteroatoms. The molecule has 0 bridgehead atoms. The molecule has 116 valence electrons. The van der Waals surface area contributed by atoms with Crippen LogP contribution in [0.3, 0.4) is 0 Å². The second-order valence-electron chi connectivity index (χ2n) is 5.88. The summed E-state index contributed by atoms with van der Waals surface area (Å²) in [5.41, 5.74) is 2.24. The third-order valence-electron chi connectivity index (χ3n) is 3.67. The number of benzene rings is 1. The lowest BCUT2D eigenvalue weighted by Gasteiger charge is -2.35. The van der Waals surface area contributed by atoms with Gasteiger partial charge in [-0.3, -0.25) is 4.79 Å². The van der Waals surface area contributed by atoms with Crippen molar-refractivity contribution in [2.75, 3.05) is 13.1 Å². The molecule has 2 aliphatic rings. The summed E-state index contributed by atoms with van der Waals surface area (Å²) in [4.78, 5) is 19.2. The Labute approximate surface area is 135 Å². The molecule has 0 aliphatic carbocycles. The number of amides is 1. The van der Waals surface area contributed by atoms with Gasteiger partial charge in [0.1, 0.15) is 0 Å². The molecule has 4 nitrogen and oxygen atoms in total. The monoisotopic (exact) mass is 316 g/mol. The topological polar surface area (TPSA) is 41.9 Å². The Morgan fingerprint density at radius 1 is 1.23 bits per heavy atom. The Hall–Kier alpha value is -1.59. The third kappa shape index (κ3) is 3.42. The lowest BCUT2D eigenvalue weighted by Crippen LogP contribution is -2.47. The summed E-state index contributed by atoms with van der Waals surface area (Å²) in [6, 6.07) is 8.13. The molecule has 2 atom stereocenters. The van der Waals surface area contributed by atoms with E-state index < -0.39 is 0 Å². The van der Waals surface area contributed by atoms with Gasteiger partial charge in [0.25, 0.3) is 5.91 Å². The van der Waals surface area contributed by atoms with Crippen molar-refractivity contribution in [3.63, 3.8) is 0 Å². The number of amidine groups is 1. The highest BCUT2D eigenvalue weighted by Gasteiger charge is 2.30. The van der Waals surface area contributed by atoms with E-state index in [0.29, 0.717) is 4.91 Å². The van der Waals surface area contributed by atoms with E-state index >= 15 is 0 Å². The summed E-state index contributed by atoms with van der Waals surface area (Å²) in [6.45, 7) is 7.71. The van der Waals surface area contributed by atoms with Crippen LogP contribution in [0.5, 0.6) is 0 Å². The molecule has 0 radical (unpaired) electrons. The van der Waals surface area contributed by atoms with E-state index in [1.807, 2.05) is 51.1 Å². The molecule has 0 spiro atoms. The molecule has 1 saturated heterocycles. The number of hydrogen-bond acceptors (Lipinski definition) is 4. The molecule has 1 amide bonds. The number of aryl methyl sites for hydroxylation is 1. The van der Waals surface area contributed by atoms with E-state index in [9.17, 15) is 4.79 Å². The van der Waals surface area contributed by atoms with Gasteiger partial charge in [-0.1, -0.05) is 29.8 Å². The lowest BCUT2D eigenvalue weighted by molar-refractivity contribution is -0.113. The van der Waals surface area contributed by atoms with Gasteiger partial charge in [-0.15, -0.1) is 0 Å². The Morgan fingerprint density at radius 2 is 1.86 bits per heavy atom. The van der Waals surface area contributed by atoms with Gasteiger partial charge in [0.15, 0.2) is 5.17 Å². The zero-order chi connectivity index (χ0) is 15.7. The van der Waals surface area contributed by atoms with E-state index in [1.54, 1.807) is 0 Å². The fraction of sp³-hybridized carbons (Fsp3) is 0.412. The predicted octanol–water partition coefficient (Wildman–Crippen LogP) is 3.07. The van der Waals surface area contributed by atoms with Crippen molar-refractivity contribution in [2.45, 2.75) is 33.0 Å². The van der Waals surface area contributed by atoms with Crippen molar-refractivity contribution in [3.05, 3.63) is 40.3 Å². The fourth-order valence-corrected chi connectivity index (χ4v) is 3.61. The molecular weight excluding hydrogens is 296 g/mol. The van der Waals surface area contributed by atoms with E-state index in [-0.39, 0.29) is 18.1 Å². The number of rotatable bonds is 1. The Kier molecular flexibility index (Phi) is 4.36. The minimum atomic E-state index is -0.146. The van der Waals surface area contributed by atoms with Crippen molar-refractivity contribution < 1.29 is 9.53 Å². The number of aliphatic imine (C=N–C) groups is 1. The van der Waals surface area contributed by atoms with Crippen molar-refractivity contribution >= 4 is 28.9 Å². The predicted molar refractivity (Wildman–Crippen MR) is 90.8 cm³/mol. The highest BCUT2D eigenvalue weighted by atomic mass is 32.2. The van der Waals surface area contributed by atoms with Gasteiger partial charge in [-0.05, 0) is 44.2 Å². The smallest absolute Gasteiger partial charge is 0.286 e. The van der Waals surface area contributed by atoms with Crippen LogP contribution in [0.1, 0.15) is 25.0 Å². The Morgan fingerprint density at radius 3 is 2.50 bits per heavy atom. The van der Waals surface area contributed by atoms with Crippen LogP contribution >= 0.6 is 11.8 Å². The molecule has 1 fully saturated rings. The standard InChI is InChI=1S/C17H20N2O2S/c1-11-4-6-14(7-5-11)8-15-16(20)18-17(22-15)19-9-12(2)21-13(3)10-19/h4-8,12-13H,9-10H2,1-3H3/b15-8+/t12-,13-/m1/s1. The molecule has 0 N–H and O–H groups in total. The van der Waals surface area contributed by atoms with Crippen LogP contribution in [-0.2, 0) is 9.53 Å². The van der Waals surface area contributed by atoms with Gasteiger partial charge in [0, 0.05) is 13.1 Å². The molecule has 0 saturated carbocycles. The van der Waals surface area contributed by atoms with Gasteiger partial charge in [0.2, 0.25) is 0 Å². The quantitative estimate of drug-likeness (QED) is 0.747. The first-order valence-corrected chi connectivity index (χ1v) is 8.32. The SMILES string of the molecule is Cc1ccc(/C=C2/SC(N3C[C@@H](C)O[C@H](C)C3)=NC2=O)cc1. The van der Waals surface area contributed by atoms with E-state index in [4.69, 9.17) is 4.74 Å². The molecule has 2 heterocycles. The van der Waals surface area contributed by atoms with Crippen molar-refractivity contribution in [1.29, 1.82) is 0 Å². The summed E-state index contributed by atoms with van der Waals surface area (Å²) < 4.78 is 5.73. The first-order valence-electron chi connectivity index (χ1n) is 7.51. The second-order valence-corrected chi connectivity index (χ2v) is 6.89. The van der Waals surface area contributed by atoms with Gasteiger partial charge < -0.3 is 9.64 Å². The molecule has 1 aromatic carbocycles. The summed E-state index contributed by atoms with van der Waals surface area (Å²) in [7, 11) is 0. The summed E-state index contributed by atoms with van der Waals surface area (Å²) in [6.07, 6.45) is 2.23. The first kappa shape index (κ1) is 15.3. The maximum atomic E-state index is 12.1. The molecule has 0 unspecified atom stereocenters. The van der Waals surface area contributed by atoms with Crippen LogP contribution in [-0.4, -0.2) is 41.3 Å². The highest BCUT2D eigenvalue weighted by molar-refractivity contribution is 8.18. The average molecular weight is 316 g/mol. The minimum Gasteiger partial charge on any atom is -0.372 e. The number of carbonyl (C=O) groups excluding carboxylic acids is 1. The highest BCUT2D eigenvalue weighted by Crippen LogP contribution is 2.31. The fourth-order valence-electron chi connectivity index (χ4n) is 2.68. The number of ether oxygens (including phenoxy) is 1. The van der Waals surface area contributed by atoms with Crippen LogP contribution in [0.25, 0.3) is 6.08 Å². The van der Waals surface area contributed by atoms with Crippen molar-refractivity contribution in [1.82, 2.24) is 4.90 Å². The number of carbonyl (C=O) groups is 1. The molecule has 22 heavy (non-hydrogen) atoms. The van der Waals surface area contributed by atoms with Crippen LogP contribution in [0, 0.1) is 6.92 Å². The largest absolute Gasteiger partial charge is 0.372 e. The number of morpholine rings is 1. The summed E-state index contributed by atoms with van der Waals surface area (Å²) in [5, 5.41) is 0.797.